The highest BCUT2D eigenvalue weighted by atomic mass is 32.1. The van der Waals surface area contributed by atoms with Crippen LogP contribution < -0.4 is 10.9 Å². The predicted molar refractivity (Wildman–Crippen MR) is 99.9 cm³/mol. The van der Waals surface area contributed by atoms with Crippen molar-refractivity contribution < 1.29 is 18.7 Å². The van der Waals surface area contributed by atoms with E-state index in [0.717, 1.165) is 10.4 Å². The first kappa shape index (κ1) is 18.8. The number of furan rings is 1. The number of thiophene rings is 1. The molecular weight excluding hydrogens is 370 g/mol. The average Bonchev–Trinajstić information content (AvgIpc) is 3.23. The summed E-state index contributed by atoms with van der Waals surface area (Å²) in [5, 5.41) is 3.05. The Morgan fingerprint density at radius 3 is 2.74 bits per heavy atom. The quantitative estimate of drug-likeness (QED) is 0.648. The number of amides is 1. The van der Waals surface area contributed by atoms with Crippen molar-refractivity contribution in [2.75, 3.05) is 0 Å². The van der Waals surface area contributed by atoms with E-state index in [1.165, 1.54) is 30.6 Å². The van der Waals surface area contributed by atoms with Gasteiger partial charge in [-0.3, -0.25) is 9.59 Å². The molecule has 3 heterocycles. The van der Waals surface area contributed by atoms with Crippen molar-refractivity contribution in [1.82, 2.24) is 15.3 Å². The number of carbonyl (C=O) groups excluding carboxylic acids is 2. The van der Waals surface area contributed by atoms with E-state index < -0.39 is 24.0 Å². The lowest BCUT2D eigenvalue weighted by Crippen LogP contribution is -2.39. The van der Waals surface area contributed by atoms with E-state index >= 15 is 0 Å². The molecule has 0 spiro atoms. The van der Waals surface area contributed by atoms with Crippen LogP contribution >= 0.6 is 11.3 Å². The first-order chi connectivity index (χ1) is 12.8. The van der Waals surface area contributed by atoms with Crippen LogP contribution in [-0.4, -0.2) is 27.9 Å². The lowest BCUT2D eigenvalue weighted by atomic mass is 10.2. The molecule has 8 nitrogen and oxygen atoms in total. The molecule has 1 amide bonds. The molecule has 9 heteroatoms. The molecule has 0 aliphatic rings. The van der Waals surface area contributed by atoms with Crippen LogP contribution in [-0.2, 0) is 9.53 Å². The third-order valence-corrected chi connectivity index (χ3v) is 5.28. The van der Waals surface area contributed by atoms with E-state index in [4.69, 9.17) is 9.15 Å². The van der Waals surface area contributed by atoms with Crippen molar-refractivity contribution in [2.45, 2.75) is 39.8 Å². The summed E-state index contributed by atoms with van der Waals surface area (Å²) in [6.45, 7) is 6.91. The minimum absolute atomic E-state index is 0.0996. The summed E-state index contributed by atoms with van der Waals surface area (Å²) in [7, 11) is 0. The second-order valence-corrected chi connectivity index (χ2v) is 7.37. The lowest BCUT2D eigenvalue weighted by Gasteiger charge is -2.17. The second kappa shape index (κ2) is 7.36. The third kappa shape index (κ3) is 3.77. The maximum Gasteiger partial charge on any atom is 0.329 e. The Kier molecular flexibility index (Phi) is 5.13. The molecule has 2 atom stereocenters. The van der Waals surface area contributed by atoms with Crippen molar-refractivity contribution in [2.24, 2.45) is 0 Å². The number of nitrogens with zero attached hydrogens (tertiary/aromatic N) is 1. The number of aromatic nitrogens is 2. The zero-order valence-corrected chi connectivity index (χ0v) is 16.1. The second-order valence-electron chi connectivity index (χ2n) is 6.17. The summed E-state index contributed by atoms with van der Waals surface area (Å²) in [4.78, 5) is 45.2. The Bertz CT molecular complexity index is 1050. The fourth-order valence-electron chi connectivity index (χ4n) is 2.53. The van der Waals surface area contributed by atoms with Gasteiger partial charge in [-0.2, -0.15) is 0 Å². The van der Waals surface area contributed by atoms with Gasteiger partial charge in [0.2, 0.25) is 0 Å². The molecule has 3 aromatic rings. The molecule has 0 radical (unpaired) electrons. The van der Waals surface area contributed by atoms with Crippen LogP contribution in [0, 0.1) is 13.8 Å². The van der Waals surface area contributed by atoms with Gasteiger partial charge >= 0.3 is 5.97 Å². The van der Waals surface area contributed by atoms with Gasteiger partial charge in [-0.15, -0.1) is 11.3 Å². The van der Waals surface area contributed by atoms with E-state index in [0.29, 0.717) is 10.2 Å². The van der Waals surface area contributed by atoms with Crippen LogP contribution in [0.5, 0.6) is 0 Å². The van der Waals surface area contributed by atoms with E-state index in [9.17, 15) is 14.4 Å². The Morgan fingerprint density at radius 2 is 2.07 bits per heavy atom. The smallest absolute Gasteiger partial charge is 0.329 e. The number of aromatic amines is 1. The van der Waals surface area contributed by atoms with Crippen molar-refractivity contribution in [3.8, 4) is 0 Å². The summed E-state index contributed by atoms with van der Waals surface area (Å²) in [5.74, 6) is -0.812. The number of H-pyrrole nitrogens is 1. The summed E-state index contributed by atoms with van der Waals surface area (Å²) in [5.41, 5.74) is 0.633. The van der Waals surface area contributed by atoms with E-state index in [1.807, 2.05) is 13.8 Å². The largest absolute Gasteiger partial charge is 0.459 e. The maximum absolute atomic E-state index is 12.3. The Hall–Kier alpha value is -2.94. The van der Waals surface area contributed by atoms with Gasteiger partial charge in [0, 0.05) is 4.88 Å². The summed E-state index contributed by atoms with van der Waals surface area (Å²) in [6.07, 6.45) is 0.590. The number of carbonyl (C=O) groups is 2. The normalized spacial score (nSPS) is 13.3. The fraction of sp³-hybridized carbons (Fsp3) is 0.333. The van der Waals surface area contributed by atoms with E-state index in [2.05, 4.69) is 15.3 Å². The molecule has 0 saturated carbocycles. The van der Waals surface area contributed by atoms with Gasteiger partial charge in [-0.25, -0.2) is 9.78 Å². The number of rotatable bonds is 5. The topological polar surface area (TPSA) is 114 Å². The highest BCUT2D eigenvalue weighted by Gasteiger charge is 2.23. The predicted octanol–water partition coefficient (Wildman–Crippen LogP) is 2.62. The molecule has 0 aliphatic carbocycles. The molecule has 27 heavy (non-hydrogen) atoms. The Morgan fingerprint density at radius 1 is 1.33 bits per heavy atom. The number of hydrogen-bond donors (Lipinski definition) is 2. The molecule has 0 aliphatic heterocycles. The van der Waals surface area contributed by atoms with Gasteiger partial charge in [0.25, 0.3) is 11.5 Å². The van der Waals surface area contributed by atoms with Crippen molar-refractivity contribution in [3.05, 3.63) is 50.8 Å². The van der Waals surface area contributed by atoms with Gasteiger partial charge in [0.1, 0.15) is 10.9 Å². The highest BCUT2D eigenvalue weighted by Crippen LogP contribution is 2.26. The van der Waals surface area contributed by atoms with Gasteiger partial charge in [-0.1, -0.05) is 0 Å². The number of ether oxygens (including phenoxy) is 1. The van der Waals surface area contributed by atoms with Gasteiger partial charge in [0.15, 0.2) is 17.7 Å². The number of aryl methyl sites for hydroxylation is 2. The first-order valence-electron chi connectivity index (χ1n) is 8.32. The zero-order chi connectivity index (χ0) is 19.7. The number of esters is 1. The molecule has 0 fully saturated rings. The highest BCUT2D eigenvalue weighted by molar-refractivity contribution is 7.18. The summed E-state index contributed by atoms with van der Waals surface area (Å²) in [6, 6.07) is 2.17. The number of fused-ring (bicyclic) bond motifs is 1. The fourth-order valence-corrected chi connectivity index (χ4v) is 3.57. The number of nitrogens with one attached hydrogen (secondary N) is 2. The lowest BCUT2D eigenvalue weighted by molar-refractivity contribution is -0.150. The van der Waals surface area contributed by atoms with Crippen LogP contribution in [0.4, 0.5) is 0 Å². The molecule has 2 N–H and O–H groups in total. The first-order valence-corrected chi connectivity index (χ1v) is 9.14. The Balaban J connectivity index is 1.71. The molecule has 3 aromatic heterocycles. The van der Waals surface area contributed by atoms with Crippen LogP contribution in [0.3, 0.4) is 0 Å². The van der Waals surface area contributed by atoms with Gasteiger partial charge in [0.05, 0.1) is 11.6 Å². The summed E-state index contributed by atoms with van der Waals surface area (Å²) >= 11 is 1.42. The van der Waals surface area contributed by atoms with Crippen LogP contribution in [0.2, 0.25) is 0 Å². The van der Waals surface area contributed by atoms with Crippen molar-refractivity contribution >= 4 is 33.4 Å². The number of hydrogen-bond acceptors (Lipinski definition) is 7. The molecule has 0 bridgehead atoms. The standard InChI is InChI=1S/C18H19N3O5S/c1-8-11(4)27-17-13(8)16(23)20-14(21-17)10(3)26-18(24)9(2)19-15(22)12-6-5-7-25-12/h5-7,9-10H,1-4H3,(H,19,22)(H,20,21,23)/t9-,10+/m0/s1. The van der Waals surface area contributed by atoms with Crippen LogP contribution in [0.15, 0.2) is 27.6 Å². The SMILES string of the molecule is Cc1sc2nc([C@@H](C)OC(=O)[C@H](C)NC(=O)c3ccco3)[nH]c(=O)c2c1C. The van der Waals surface area contributed by atoms with E-state index in [-0.39, 0.29) is 17.1 Å². The van der Waals surface area contributed by atoms with Crippen LogP contribution in [0.25, 0.3) is 10.2 Å². The molecule has 3 rings (SSSR count). The molecule has 0 unspecified atom stereocenters. The van der Waals surface area contributed by atoms with Gasteiger partial charge in [-0.05, 0) is 45.4 Å². The maximum atomic E-state index is 12.3. The van der Waals surface area contributed by atoms with Crippen LogP contribution in [0.1, 0.15) is 46.8 Å². The third-order valence-electron chi connectivity index (χ3n) is 4.18. The zero-order valence-electron chi connectivity index (χ0n) is 15.3. The minimum atomic E-state index is -0.897. The Labute approximate surface area is 158 Å². The van der Waals surface area contributed by atoms with Crippen molar-refractivity contribution in [1.29, 1.82) is 0 Å². The summed E-state index contributed by atoms with van der Waals surface area (Å²) < 4.78 is 10.3. The van der Waals surface area contributed by atoms with Crippen molar-refractivity contribution in [3.63, 3.8) is 0 Å². The van der Waals surface area contributed by atoms with Gasteiger partial charge < -0.3 is 19.5 Å². The molecular formula is C18H19N3O5S. The average molecular weight is 389 g/mol. The monoisotopic (exact) mass is 389 g/mol. The molecule has 0 saturated heterocycles. The molecule has 142 valence electrons. The van der Waals surface area contributed by atoms with E-state index in [1.54, 1.807) is 13.0 Å². The molecule has 0 aromatic carbocycles. The minimum Gasteiger partial charge on any atom is -0.459 e.